The van der Waals surface area contributed by atoms with Crippen LogP contribution in [0.2, 0.25) is 0 Å². The SMILES string of the molecule is CCOC(C)(C)CNC(=O)c1cccc(Br)n1. The zero-order valence-corrected chi connectivity index (χ0v) is 11.9. The number of nitrogens with zero attached hydrogens (tertiary/aromatic N) is 1. The molecule has 0 unspecified atom stereocenters. The van der Waals surface area contributed by atoms with Crippen molar-refractivity contribution in [3.05, 3.63) is 28.5 Å². The predicted octanol–water partition coefficient (Wildman–Crippen LogP) is 2.39. The van der Waals surface area contributed by atoms with Crippen LogP contribution in [0, 0.1) is 0 Å². The van der Waals surface area contributed by atoms with Gasteiger partial charge in [-0.3, -0.25) is 4.79 Å². The maximum atomic E-state index is 11.8. The molecule has 1 aromatic rings. The van der Waals surface area contributed by atoms with Gasteiger partial charge in [-0.25, -0.2) is 4.98 Å². The van der Waals surface area contributed by atoms with Crippen molar-refractivity contribution in [3.63, 3.8) is 0 Å². The second-order valence-electron chi connectivity index (χ2n) is 4.22. The Kier molecular flexibility index (Phi) is 5.08. The third kappa shape index (κ3) is 4.83. The standard InChI is InChI=1S/C12H17BrN2O2/c1-4-17-12(2,3)8-14-11(16)9-6-5-7-10(13)15-9/h5-7H,4,8H2,1-3H3,(H,14,16). The summed E-state index contributed by atoms with van der Waals surface area (Å²) in [6.07, 6.45) is 0. The first-order chi connectivity index (χ1) is 7.94. The lowest BCUT2D eigenvalue weighted by Crippen LogP contribution is -2.40. The quantitative estimate of drug-likeness (QED) is 0.850. The van der Waals surface area contributed by atoms with Gasteiger partial charge in [0.2, 0.25) is 0 Å². The first-order valence-corrected chi connectivity index (χ1v) is 6.28. The van der Waals surface area contributed by atoms with Crippen molar-refractivity contribution in [1.29, 1.82) is 0 Å². The van der Waals surface area contributed by atoms with E-state index in [9.17, 15) is 4.79 Å². The van der Waals surface area contributed by atoms with Gasteiger partial charge in [-0.15, -0.1) is 0 Å². The lowest BCUT2D eigenvalue weighted by molar-refractivity contribution is -0.00818. The van der Waals surface area contributed by atoms with Gasteiger partial charge < -0.3 is 10.1 Å². The van der Waals surface area contributed by atoms with Crippen molar-refractivity contribution in [1.82, 2.24) is 10.3 Å². The van der Waals surface area contributed by atoms with Crippen LogP contribution in [0.5, 0.6) is 0 Å². The van der Waals surface area contributed by atoms with Gasteiger partial charge in [-0.2, -0.15) is 0 Å². The molecule has 1 aromatic heterocycles. The fourth-order valence-corrected chi connectivity index (χ4v) is 1.70. The number of rotatable bonds is 5. The molecule has 0 aliphatic rings. The summed E-state index contributed by atoms with van der Waals surface area (Å²) in [5.74, 6) is -0.195. The Labute approximate surface area is 110 Å². The molecule has 0 bridgehead atoms. The number of nitrogens with one attached hydrogen (secondary N) is 1. The fraction of sp³-hybridized carbons (Fsp3) is 0.500. The smallest absolute Gasteiger partial charge is 0.270 e. The Bertz CT molecular complexity index is 394. The van der Waals surface area contributed by atoms with Crippen molar-refractivity contribution >= 4 is 21.8 Å². The molecule has 0 fully saturated rings. The normalized spacial score (nSPS) is 11.3. The summed E-state index contributed by atoms with van der Waals surface area (Å²) in [4.78, 5) is 15.9. The van der Waals surface area contributed by atoms with E-state index in [1.807, 2.05) is 20.8 Å². The molecule has 94 valence electrons. The van der Waals surface area contributed by atoms with E-state index >= 15 is 0 Å². The number of halogens is 1. The predicted molar refractivity (Wildman–Crippen MR) is 70.0 cm³/mol. The minimum atomic E-state index is -0.365. The van der Waals surface area contributed by atoms with Crippen LogP contribution in [-0.2, 0) is 4.74 Å². The average molecular weight is 301 g/mol. The van der Waals surface area contributed by atoms with E-state index in [1.165, 1.54) is 0 Å². The summed E-state index contributed by atoms with van der Waals surface area (Å²) in [6, 6.07) is 5.23. The molecule has 0 spiro atoms. The minimum absolute atomic E-state index is 0.195. The minimum Gasteiger partial charge on any atom is -0.374 e. The summed E-state index contributed by atoms with van der Waals surface area (Å²) >= 11 is 3.23. The Morgan fingerprint density at radius 2 is 2.24 bits per heavy atom. The van der Waals surface area contributed by atoms with Crippen LogP contribution in [0.1, 0.15) is 31.3 Å². The zero-order valence-electron chi connectivity index (χ0n) is 10.3. The lowest BCUT2D eigenvalue weighted by atomic mass is 10.1. The zero-order chi connectivity index (χ0) is 12.9. The summed E-state index contributed by atoms with van der Waals surface area (Å²) < 4.78 is 6.14. The maximum Gasteiger partial charge on any atom is 0.270 e. The van der Waals surface area contributed by atoms with Crippen LogP contribution in [0.4, 0.5) is 0 Å². The summed E-state index contributed by atoms with van der Waals surface area (Å²) in [5, 5.41) is 2.80. The molecule has 0 saturated carbocycles. The van der Waals surface area contributed by atoms with E-state index < -0.39 is 0 Å². The Morgan fingerprint density at radius 1 is 1.53 bits per heavy atom. The van der Waals surface area contributed by atoms with E-state index in [0.717, 1.165) is 0 Å². The molecule has 1 heterocycles. The van der Waals surface area contributed by atoms with Crippen molar-refractivity contribution in [2.45, 2.75) is 26.4 Å². The molecular formula is C12H17BrN2O2. The van der Waals surface area contributed by atoms with Crippen molar-refractivity contribution in [3.8, 4) is 0 Å². The van der Waals surface area contributed by atoms with Crippen LogP contribution < -0.4 is 5.32 Å². The second-order valence-corrected chi connectivity index (χ2v) is 5.03. The molecule has 4 nitrogen and oxygen atoms in total. The molecule has 0 aliphatic heterocycles. The number of hydrogen-bond acceptors (Lipinski definition) is 3. The Morgan fingerprint density at radius 3 is 2.82 bits per heavy atom. The number of ether oxygens (including phenoxy) is 1. The van der Waals surface area contributed by atoms with Gasteiger partial charge in [-0.1, -0.05) is 6.07 Å². The monoisotopic (exact) mass is 300 g/mol. The summed E-state index contributed by atoms with van der Waals surface area (Å²) in [5.41, 5.74) is 0.0304. The molecule has 17 heavy (non-hydrogen) atoms. The first-order valence-electron chi connectivity index (χ1n) is 5.49. The van der Waals surface area contributed by atoms with E-state index in [1.54, 1.807) is 18.2 Å². The van der Waals surface area contributed by atoms with Crippen molar-refractivity contribution in [2.24, 2.45) is 0 Å². The van der Waals surface area contributed by atoms with E-state index in [-0.39, 0.29) is 11.5 Å². The third-order valence-corrected chi connectivity index (χ3v) is 2.60. The molecule has 0 aliphatic carbocycles. The first kappa shape index (κ1) is 14.1. The van der Waals surface area contributed by atoms with Gasteiger partial charge in [-0.05, 0) is 48.8 Å². The lowest BCUT2D eigenvalue weighted by Gasteiger charge is -2.24. The van der Waals surface area contributed by atoms with Gasteiger partial charge >= 0.3 is 0 Å². The molecule has 1 amide bonds. The van der Waals surface area contributed by atoms with E-state index in [0.29, 0.717) is 23.4 Å². The van der Waals surface area contributed by atoms with Crippen LogP contribution in [0.25, 0.3) is 0 Å². The maximum absolute atomic E-state index is 11.8. The van der Waals surface area contributed by atoms with Gasteiger partial charge in [0, 0.05) is 13.2 Å². The number of carbonyl (C=O) groups excluding carboxylic acids is 1. The number of carbonyl (C=O) groups is 1. The number of aromatic nitrogens is 1. The topological polar surface area (TPSA) is 51.2 Å². The summed E-state index contributed by atoms with van der Waals surface area (Å²) in [6.45, 7) is 6.88. The average Bonchev–Trinajstić information content (AvgIpc) is 2.26. The van der Waals surface area contributed by atoms with Crippen molar-refractivity contribution < 1.29 is 9.53 Å². The highest BCUT2D eigenvalue weighted by Crippen LogP contribution is 2.09. The highest BCUT2D eigenvalue weighted by atomic mass is 79.9. The molecule has 1 N–H and O–H groups in total. The number of hydrogen-bond donors (Lipinski definition) is 1. The van der Waals surface area contributed by atoms with Gasteiger partial charge in [0.15, 0.2) is 0 Å². The Balaban J connectivity index is 2.56. The molecular weight excluding hydrogens is 284 g/mol. The van der Waals surface area contributed by atoms with Crippen LogP contribution in [0.3, 0.4) is 0 Å². The van der Waals surface area contributed by atoms with Crippen LogP contribution in [0.15, 0.2) is 22.8 Å². The van der Waals surface area contributed by atoms with Crippen LogP contribution >= 0.6 is 15.9 Å². The molecule has 0 aromatic carbocycles. The fourth-order valence-electron chi connectivity index (χ4n) is 1.36. The number of amides is 1. The van der Waals surface area contributed by atoms with Gasteiger partial charge in [0.25, 0.3) is 5.91 Å². The highest BCUT2D eigenvalue weighted by molar-refractivity contribution is 9.10. The van der Waals surface area contributed by atoms with Crippen LogP contribution in [-0.4, -0.2) is 29.6 Å². The molecule has 5 heteroatoms. The summed E-state index contributed by atoms with van der Waals surface area (Å²) in [7, 11) is 0. The molecule has 0 radical (unpaired) electrons. The second kappa shape index (κ2) is 6.12. The van der Waals surface area contributed by atoms with Crippen molar-refractivity contribution in [2.75, 3.05) is 13.2 Å². The number of pyridine rings is 1. The molecule has 0 saturated heterocycles. The highest BCUT2D eigenvalue weighted by Gasteiger charge is 2.19. The van der Waals surface area contributed by atoms with E-state index in [2.05, 4.69) is 26.2 Å². The van der Waals surface area contributed by atoms with E-state index in [4.69, 9.17) is 4.74 Å². The largest absolute Gasteiger partial charge is 0.374 e. The van der Waals surface area contributed by atoms with Gasteiger partial charge in [0.1, 0.15) is 10.3 Å². The molecule has 0 atom stereocenters. The Hall–Kier alpha value is -0.940. The molecule has 1 rings (SSSR count). The van der Waals surface area contributed by atoms with Gasteiger partial charge in [0.05, 0.1) is 5.60 Å². The third-order valence-electron chi connectivity index (χ3n) is 2.16.